The summed E-state index contributed by atoms with van der Waals surface area (Å²) in [5.74, 6) is -1.68. The van der Waals surface area contributed by atoms with E-state index in [0.29, 0.717) is 31.2 Å². The van der Waals surface area contributed by atoms with Gasteiger partial charge < -0.3 is 25.4 Å². The molecule has 2 fully saturated rings. The van der Waals surface area contributed by atoms with Crippen molar-refractivity contribution in [3.63, 3.8) is 0 Å². The van der Waals surface area contributed by atoms with Crippen molar-refractivity contribution in [3.05, 3.63) is 59.7 Å². The van der Waals surface area contributed by atoms with Crippen LogP contribution in [-0.2, 0) is 19.1 Å². The number of cyclic esters (lactones) is 1. The fourth-order valence-electron chi connectivity index (χ4n) is 5.35. The van der Waals surface area contributed by atoms with Crippen LogP contribution in [0.15, 0.2) is 54.1 Å². The van der Waals surface area contributed by atoms with E-state index >= 15 is 0 Å². The topological polar surface area (TPSA) is 125 Å². The van der Waals surface area contributed by atoms with Gasteiger partial charge >= 0.3 is 5.97 Å². The molecule has 3 aliphatic rings. The minimum absolute atomic E-state index is 0.122. The molecular weight excluding hydrogens is 462 g/mol. The van der Waals surface area contributed by atoms with Crippen LogP contribution in [0.1, 0.15) is 49.4 Å². The number of benzene rings is 2. The van der Waals surface area contributed by atoms with Gasteiger partial charge in [-0.25, -0.2) is 0 Å². The van der Waals surface area contributed by atoms with E-state index < -0.39 is 36.3 Å². The molecule has 3 N–H and O–H groups in total. The van der Waals surface area contributed by atoms with E-state index in [0.717, 1.165) is 16.3 Å². The van der Waals surface area contributed by atoms with Gasteiger partial charge in [0.1, 0.15) is 18.1 Å². The maximum Gasteiger partial charge on any atom is 0.310 e. The molecule has 2 aromatic rings. The number of hydrogen-bond acceptors (Lipinski definition) is 6. The van der Waals surface area contributed by atoms with Gasteiger partial charge in [-0.2, -0.15) is 0 Å². The van der Waals surface area contributed by atoms with Crippen LogP contribution in [-0.4, -0.2) is 64.2 Å². The Morgan fingerprint density at radius 2 is 1.81 bits per heavy atom. The molecule has 9 nitrogen and oxygen atoms in total. The zero-order valence-electron chi connectivity index (χ0n) is 20.0. The summed E-state index contributed by atoms with van der Waals surface area (Å²) in [6.07, 6.45) is 2.61. The van der Waals surface area contributed by atoms with Crippen molar-refractivity contribution in [1.82, 2.24) is 15.5 Å². The summed E-state index contributed by atoms with van der Waals surface area (Å²) in [5, 5.41) is 17.4. The van der Waals surface area contributed by atoms with Crippen LogP contribution in [0.4, 0.5) is 0 Å². The number of rotatable bonds is 4. The summed E-state index contributed by atoms with van der Waals surface area (Å²) in [6, 6.07) is 10.5. The lowest BCUT2D eigenvalue weighted by molar-refractivity contribution is -0.155. The molecule has 188 valence electrons. The zero-order chi connectivity index (χ0) is 25.4. The van der Waals surface area contributed by atoms with Crippen LogP contribution < -0.4 is 10.6 Å². The molecule has 0 aliphatic carbocycles. The molecule has 5 unspecified atom stereocenters. The highest BCUT2D eigenvalue weighted by atomic mass is 16.6. The van der Waals surface area contributed by atoms with Crippen LogP contribution in [0.3, 0.4) is 0 Å². The van der Waals surface area contributed by atoms with Crippen molar-refractivity contribution in [1.29, 1.82) is 0 Å². The minimum atomic E-state index is -1.40. The summed E-state index contributed by atoms with van der Waals surface area (Å²) >= 11 is 0. The lowest BCUT2D eigenvalue weighted by atomic mass is 9.98. The Kier molecular flexibility index (Phi) is 6.49. The Labute approximate surface area is 208 Å². The van der Waals surface area contributed by atoms with Gasteiger partial charge in [0.05, 0.1) is 6.42 Å². The number of aliphatic hydroxyl groups excluding tert-OH is 1. The predicted octanol–water partition coefficient (Wildman–Crippen LogP) is 1.79. The third kappa shape index (κ3) is 4.70. The molecule has 9 heteroatoms. The molecule has 0 aromatic heterocycles. The van der Waals surface area contributed by atoms with E-state index in [-0.39, 0.29) is 24.3 Å². The van der Waals surface area contributed by atoms with Gasteiger partial charge in [0.25, 0.3) is 5.91 Å². The predicted molar refractivity (Wildman–Crippen MR) is 130 cm³/mol. The van der Waals surface area contributed by atoms with Gasteiger partial charge in [-0.15, -0.1) is 0 Å². The number of esters is 1. The second-order valence-corrected chi connectivity index (χ2v) is 9.77. The monoisotopic (exact) mass is 491 g/mol. The van der Waals surface area contributed by atoms with E-state index in [1.54, 1.807) is 17.0 Å². The Morgan fingerprint density at radius 3 is 2.56 bits per heavy atom. The number of nitrogens with zero attached hydrogens (tertiary/aromatic N) is 1. The molecule has 0 saturated carbocycles. The van der Waals surface area contributed by atoms with Crippen molar-refractivity contribution in [2.45, 2.75) is 69.5 Å². The standard InChI is InChI=1S/C27H29N3O6/c1-15-6-9-19-10-11-22(25(33)29-21-14-23(31)36-27(21)35)30(19)26(34)20(12-15)28-24(32)18-8-7-16-4-2-3-5-17(16)13-18/h2-8,13,19-22,27,35H,9-12,14H2,1H3,(H,28,32)(H,29,33)/b15-6-. The normalized spacial score (nSPS) is 29.6. The molecule has 3 aliphatic heterocycles. The van der Waals surface area contributed by atoms with E-state index in [2.05, 4.69) is 16.7 Å². The fraction of sp³-hybridized carbons (Fsp3) is 0.407. The van der Waals surface area contributed by atoms with Crippen molar-refractivity contribution in [3.8, 4) is 0 Å². The zero-order valence-corrected chi connectivity index (χ0v) is 20.0. The van der Waals surface area contributed by atoms with Crippen LogP contribution in [0, 0.1) is 0 Å². The van der Waals surface area contributed by atoms with Crippen LogP contribution in [0.5, 0.6) is 0 Å². The van der Waals surface area contributed by atoms with Crippen LogP contribution in [0.25, 0.3) is 10.8 Å². The molecule has 0 spiro atoms. The largest absolute Gasteiger partial charge is 0.434 e. The molecule has 0 bridgehead atoms. The van der Waals surface area contributed by atoms with Gasteiger partial charge in [0.2, 0.25) is 18.1 Å². The number of fused-ring (bicyclic) bond motifs is 2. The molecular formula is C27H29N3O6. The summed E-state index contributed by atoms with van der Waals surface area (Å²) in [5.41, 5.74) is 1.46. The second-order valence-electron chi connectivity index (χ2n) is 9.77. The van der Waals surface area contributed by atoms with Crippen molar-refractivity contribution >= 4 is 34.5 Å². The molecule has 0 radical (unpaired) electrons. The van der Waals surface area contributed by atoms with Crippen molar-refractivity contribution in [2.24, 2.45) is 0 Å². The Balaban J connectivity index is 1.35. The molecule has 3 heterocycles. The summed E-state index contributed by atoms with van der Waals surface area (Å²) in [7, 11) is 0. The van der Waals surface area contributed by atoms with E-state index in [1.165, 1.54) is 0 Å². The SMILES string of the molecule is C/C1=C/CC2CCC(C(=O)NC3CC(=O)OC3O)N2C(=O)C(NC(=O)c2ccc3ccccc3c2)C1. The number of ether oxygens (including phenoxy) is 1. The summed E-state index contributed by atoms with van der Waals surface area (Å²) in [6.45, 7) is 1.94. The maximum absolute atomic E-state index is 13.7. The van der Waals surface area contributed by atoms with Gasteiger partial charge in [-0.1, -0.05) is 42.0 Å². The van der Waals surface area contributed by atoms with Gasteiger partial charge in [-0.05, 0) is 55.5 Å². The maximum atomic E-state index is 13.7. The van der Waals surface area contributed by atoms with E-state index in [4.69, 9.17) is 4.74 Å². The first-order valence-electron chi connectivity index (χ1n) is 12.3. The molecule has 5 rings (SSSR count). The third-order valence-electron chi connectivity index (χ3n) is 7.25. The highest BCUT2D eigenvalue weighted by Gasteiger charge is 2.45. The number of carbonyl (C=O) groups excluding carboxylic acids is 4. The molecule has 5 atom stereocenters. The first-order chi connectivity index (χ1) is 17.3. The number of hydrogen-bond donors (Lipinski definition) is 3. The lowest BCUT2D eigenvalue weighted by Crippen LogP contribution is -2.57. The van der Waals surface area contributed by atoms with Crippen molar-refractivity contribution < 1.29 is 29.0 Å². The average Bonchev–Trinajstić information content (AvgIpc) is 3.42. The first-order valence-corrected chi connectivity index (χ1v) is 12.3. The Hall–Kier alpha value is -3.72. The lowest BCUT2D eigenvalue weighted by Gasteiger charge is -2.35. The van der Waals surface area contributed by atoms with Gasteiger partial charge in [0, 0.05) is 11.6 Å². The Bertz CT molecular complexity index is 1260. The fourth-order valence-corrected chi connectivity index (χ4v) is 5.35. The highest BCUT2D eigenvalue weighted by Crippen LogP contribution is 2.31. The molecule has 2 aromatic carbocycles. The summed E-state index contributed by atoms with van der Waals surface area (Å²) < 4.78 is 4.71. The Morgan fingerprint density at radius 1 is 1.03 bits per heavy atom. The quantitative estimate of drug-likeness (QED) is 0.442. The highest BCUT2D eigenvalue weighted by molar-refractivity contribution is 6.01. The number of nitrogens with one attached hydrogen (secondary N) is 2. The van der Waals surface area contributed by atoms with E-state index in [9.17, 15) is 24.3 Å². The smallest absolute Gasteiger partial charge is 0.310 e. The molecule has 2 saturated heterocycles. The second kappa shape index (κ2) is 9.73. The molecule has 36 heavy (non-hydrogen) atoms. The van der Waals surface area contributed by atoms with Gasteiger partial charge in [0.15, 0.2) is 0 Å². The first kappa shape index (κ1) is 24.0. The minimum Gasteiger partial charge on any atom is -0.434 e. The summed E-state index contributed by atoms with van der Waals surface area (Å²) in [4.78, 5) is 53.0. The number of carbonyl (C=O) groups is 4. The third-order valence-corrected chi connectivity index (χ3v) is 7.25. The van der Waals surface area contributed by atoms with Gasteiger partial charge in [-0.3, -0.25) is 19.2 Å². The number of amides is 3. The van der Waals surface area contributed by atoms with E-state index in [1.807, 2.05) is 37.3 Å². The number of aliphatic hydroxyl groups is 1. The van der Waals surface area contributed by atoms with Crippen molar-refractivity contribution in [2.75, 3.05) is 0 Å². The van der Waals surface area contributed by atoms with Crippen LogP contribution >= 0.6 is 0 Å². The average molecular weight is 492 g/mol. The molecule has 3 amide bonds. The van der Waals surface area contributed by atoms with Crippen LogP contribution in [0.2, 0.25) is 0 Å².